The van der Waals surface area contributed by atoms with E-state index in [1.807, 2.05) is 0 Å². The second-order valence-electron chi connectivity index (χ2n) is 8.46. The van der Waals surface area contributed by atoms with Crippen LogP contribution in [0.25, 0.3) is 11.4 Å². The van der Waals surface area contributed by atoms with Gasteiger partial charge in [-0.3, -0.25) is 4.79 Å². The molecule has 2 amide bonds. The molecule has 3 rings (SSSR count). The van der Waals surface area contributed by atoms with E-state index in [-0.39, 0.29) is 35.4 Å². The molecule has 3 heterocycles. The second-order valence-corrected chi connectivity index (χ2v) is 8.85. The number of ether oxygens (including phenoxy) is 1. The van der Waals surface area contributed by atoms with Gasteiger partial charge in [-0.25, -0.2) is 19.7 Å². The van der Waals surface area contributed by atoms with Crippen molar-refractivity contribution in [3.63, 3.8) is 0 Å². The predicted octanol–water partition coefficient (Wildman–Crippen LogP) is 1.79. The first-order chi connectivity index (χ1) is 15.1. The molecule has 0 spiro atoms. The number of carbonyl (C=O) groups is 2. The van der Waals surface area contributed by atoms with E-state index in [1.54, 1.807) is 37.8 Å². The first kappa shape index (κ1) is 23.8. The number of halogens is 1. The molecule has 2 aromatic rings. The summed E-state index contributed by atoms with van der Waals surface area (Å²) >= 11 is 6.29. The highest BCUT2D eigenvalue weighted by molar-refractivity contribution is 6.29. The first-order valence-corrected chi connectivity index (χ1v) is 10.5. The molecule has 1 fully saturated rings. The average molecular weight is 463 g/mol. The second kappa shape index (κ2) is 9.76. The highest BCUT2D eigenvalue weighted by Gasteiger charge is 2.33. The number of piperazine rings is 1. The molecule has 0 unspecified atom stereocenters. The number of hydrogen-bond donors (Lipinski definition) is 3. The minimum absolute atomic E-state index is 0.150. The van der Waals surface area contributed by atoms with Crippen LogP contribution in [0.5, 0.6) is 0 Å². The highest BCUT2D eigenvalue weighted by Crippen LogP contribution is 2.27. The van der Waals surface area contributed by atoms with Crippen LogP contribution in [-0.4, -0.2) is 75.3 Å². The molecule has 32 heavy (non-hydrogen) atoms. The number of rotatable bonds is 4. The number of nitrogens with zero attached hydrogens (tertiary/aromatic N) is 4. The zero-order valence-corrected chi connectivity index (χ0v) is 19.2. The summed E-state index contributed by atoms with van der Waals surface area (Å²) in [6, 6.07) is 4.34. The number of carbonyl (C=O) groups excluding carboxylic acids is 2. The van der Waals surface area contributed by atoms with Gasteiger partial charge in [0.15, 0.2) is 0 Å². The van der Waals surface area contributed by atoms with Crippen LogP contribution in [0, 0.1) is 0 Å². The summed E-state index contributed by atoms with van der Waals surface area (Å²) < 4.78 is 5.50. The third-order valence-corrected chi connectivity index (χ3v) is 4.95. The van der Waals surface area contributed by atoms with Crippen molar-refractivity contribution in [2.45, 2.75) is 38.5 Å². The van der Waals surface area contributed by atoms with Crippen LogP contribution in [0.1, 0.15) is 42.9 Å². The molecule has 0 aromatic carbocycles. The van der Waals surface area contributed by atoms with Gasteiger partial charge in [-0.1, -0.05) is 11.6 Å². The van der Waals surface area contributed by atoms with Crippen LogP contribution in [0.3, 0.4) is 0 Å². The summed E-state index contributed by atoms with van der Waals surface area (Å²) in [7, 11) is 1.52. The number of hydrogen-bond acceptors (Lipinski definition) is 8. The molecule has 0 radical (unpaired) electrons. The number of pyridine rings is 1. The van der Waals surface area contributed by atoms with E-state index >= 15 is 0 Å². The topological polar surface area (TPSA) is 130 Å². The van der Waals surface area contributed by atoms with Crippen molar-refractivity contribution in [2.24, 2.45) is 0 Å². The Bertz CT molecular complexity index is 996. The van der Waals surface area contributed by atoms with Crippen LogP contribution in [0.2, 0.25) is 5.15 Å². The van der Waals surface area contributed by atoms with Crippen LogP contribution < -0.4 is 10.6 Å². The summed E-state index contributed by atoms with van der Waals surface area (Å²) in [5.41, 5.74) is 1.21. The average Bonchev–Trinajstić information content (AvgIpc) is 2.76. The smallest absolute Gasteiger partial charge is 0.410 e. The molecule has 2 aromatic heterocycles. The maximum absolute atomic E-state index is 12.6. The molecule has 2 atom stereocenters. The van der Waals surface area contributed by atoms with E-state index in [2.05, 4.69) is 25.6 Å². The van der Waals surface area contributed by atoms with E-state index in [0.29, 0.717) is 24.5 Å². The number of aliphatic hydroxyl groups excluding tert-OH is 1. The highest BCUT2D eigenvalue weighted by atomic mass is 35.5. The van der Waals surface area contributed by atoms with Gasteiger partial charge < -0.3 is 25.4 Å². The summed E-state index contributed by atoms with van der Waals surface area (Å²) in [6.45, 7) is 5.89. The van der Waals surface area contributed by atoms with Crippen LogP contribution in [0.15, 0.2) is 24.5 Å². The maximum atomic E-state index is 12.6. The lowest BCUT2D eigenvalue weighted by atomic mass is 10.0. The minimum atomic E-state index is -0.630. The van der Waals surface area contributed by atoms with E-state index < -0.39 is 11.7 Å². The number of amides is 2. The Morgan fingerprint density at radius 2 is 2.00 bits per heavy atom. The lowest BCUT2D eigenvalue weighted by molar-refractivity contribution is 0.0123. The van der Waals surface area contributed by atoms with Gasteiger partial charge in [-0.2, -0.15) is 0 Å². The first-order valence-electron chi connectivity index (χ1n) is 10.2. The zero-order valence-electron chi connectivity index (χ0n) is 18.4. The summed E-state index contributed by atoms with van der Waals surface area (Å²) in [5.74, 6) is -0.344. The zero-order chi connectivity index (χ0) is 23.5. The van der Waals surface area contributed by atoms with Gasteiger partial charge in [-0.15, -0.1) is 0 Å². The lowest BCUT2D eigenvalue weighted by Crippen LogP contribution is -2.56. The van der Waals surface area contributed by atoms with Gasteiger partial charge in [0, 0.05) is 26.2 Å². The fourth-order valence-corrected chi connectivity index (χ4v) is 3.55. The Labute approximate surface area is 191 Å². The maximum Gasteiger partial charge on any atom is 0.410 e. The van der Waals surface area contributed by atoms with Gasteiger partial charge in [-0.05, 0) is 44.5 Å². The van der Waals surface area contributed by atoms with Crippen molar-refractivity contribution >= 4 is 23.6 Å². The minimum Gasteiger partial charge on any atom is -0.444 e. The lowest BCUT2D eigenvalue weighted by Gasteiger charge is -2.39. The third kappa shape index (κ3) is 5.90. The van der Waals surface area contributed by atoms with Gasteiger partial charge in [0.25, 0.3) is 5.91 Å². The largest absolute Gasteiger partial charge is 0.444 e. The molecular formula is C21H27ClN6O4. The molecule has 0 aliphatic carbocycles. The standard InChI is InChI=1S/C21H27ClN6O4/c1-21(2,3)32-20(31)28-8-13(10-29)26-17(9-28)12-5-15(27-18(22)6-12)14-7-16(19(30)23-4)25-11-24-14/h5-7,11,13,17,26,29H,8-10H2,1-4H3,(H,23,30)/t13-,17-/m0/s1. The molecule has 11 heteroatoms. The Kier molecular flexibility index (Phi) is 7.27. The molecule has 1 saturated heterocycles. The Hall–Kier alpha value is -2.82. The molecule has 3 N–H and O–H groups in total. The summed E-state index contributed by atoms with van der Waals surface area (Å²) in [6.07, 6.45) is 0.835. The molecule has 1 aliphatic rings. The number of nitrogens with one attached hydrogen (secondary N) is 2. The molecule has 1 aliphatic heterocycles. The number of aliphatic hydroxyl groups is 1. The Balaban J connectivity index is 1.91. The SMILES string of the molecule is CNC(=O)c1cc(-c2cc([C@@H]3CN(C(=O)OC(C)(C)C)C[C@@H](CO)N3)cc(Cl)n2)ncn1. The van der Waals surface area contributed by atoms with Crippen molar-refractivity contribution < 1.29 is 19.4 Å². The van der Waals surface area contributed by atoms with Crippen molar-refractivity contribution in [2.75, 3.05) is 26.7 Å². The van der Waals surface area contributed by atoms with Crippen LogP contribution >= 0.6 is 11.6 Å². The molecular weight excluding hydrogens is 436 g/mol. The molecule has 0 bridgehead atoms. The van der Waals surface area contributed by atoms with Gasteiger partial charge >= 0.3 is 6.09 Å². The number of aromatic nitrogens is 3. The van der Waals surface area contributed by atoms with Gasteiger partial charge in [0.1, 0.15) is 22.8 Å². The molecule has 10 nitrogen and oxygen atoms in total. The van der Waals surface area contributed by atoms with Gasteiger partial charge in [0.2, 0.25) is 0 Å². The van der Waals surface area contributed by atoms with Crippen LogP contribution in [0.4, 0.5) is 4.79 Å². The molecule has 0 saturated carbocycles. The molecule has 172 valence electrons. The third-order valence-electron chi connectivity index (χ3n) is 4.76. The van der Waals surface area contributed by atoms with E-state index in [4.69, 9.17) is 16.3 Å². The van der Waals surface area contributed by atoms with Crippen molar-refractivity contribution in [1.82, 2.24) is 30.5 Å². The van der Waals surface area contributed by atoms with E-state index in [1.165, 1.54) is 19.4 Å². The normalized spacial score (nSPS) is 18.9. The quantitative estimate of drug-likeness (QED) is 0.586. The predicted molar refractivity (Wildman–Crippen MR) is 118 cm³/mol. The van der Waals surface area contributed by atoms with Crippen molar-refractivity contribution in [3.05, 3.63) is 40.9 Å². The van der Waals surface area contributed by atoms with E-state index in [9.17, 15) is 14.7 Å². The van der Waals surface area contributed by atoms with Crippen molar-refractivity contribution in [1.29, 1.82) is 0 Å². The fraction of sp³-hybridized carbons (Fsp3) is 0.476. The fourth-order valence-electron chi connectivity index (χ4n) is 3.34. The Morgan fingerprint density at radius 1 is 1.25 bits per heavy atom. The van der Waals surface area contributed by atoms with Gasteiger partial charge in [0.05, 0.1) is 24.0 Å². The monoisotopic (exact) mass is 462 g/mol. The van der Waals surface area contributed by atoms with Crippen molar-refractivity contribution in [3.8, 4) is 11.4 Å². The van der Waals surface area contributed by atoms with E-state index in [0.717, 1.165) is 5.56 Å². The Morgan fingerprint density at radius 3 is 2.66 bits per heavy atom. The van der Waals surface area contributed by atoms with Crippen LogP contribution in [-0.2, 0) is 4.74 Å². The summed E-state index contributed by atoms with van der Waals surface area (Å²) in [4.78, 5) is 38.6. The summed E-state index contributed by atoms with van der Waals surface area (Å²) in [5, 5.41) is 15.8.